The molecule has 0 fully saturated rings. The lowest BCUT2D eigenvalue weighted by Gasteiger charge is -2.10. The predicted octanol–water partition coefficient (Wildman–Crippen LogP) is 4.37. The van der Waals surface area contributed by atoms with Gasteiger partial charge in [0.1, 0.15) is 28.8 Å². The van der Waals surface area contributed by atoms with E-state index >= 15 is 0 Å². The van der Waals surface area contributed by atoms with Crippen LogP contribution in [0, 0.1) is 25.5 Å². The summed E-state index contributed by atoms with van der Waals surface area (Å²) in [7, 11) is 0. The summed E-state index contributed by atoms with van der Waals surface area (Å²) in [6, 6.07) is 9.19. The average Bonchev–Trinajstić information content (AvgIpc) is 2.61. The normalized spacial score (nSPS) is 10.5. The molecule has 0 spiro atoms. The zero-order valence-electron chi connectivity index (χ0n) is 14.2. The van der Waals surface area contributed by atoms with Gasteiger partial charge in [0.25, 0.3) is 5.91 Å². The van der Waals surface area contributed by atoms with Gasteiger partial charge in [-0.05, 0) is 37.6 Å². The van der Waals surface area contributed by atoms with E-state index in [1.165, 1.54) is 18.5 Å². The summed E-state index contributed by atoms with van der Waals surface area (Å²) in [4.78, 5) is 20.3. The maximum atomic E-state index is 13.6. The lowest BCUT2D eigenvalue weighted by Crippen LogP contribution is -2.15. The molecule has 1 aromatic heterocycles. The van der Waals surface area contributed by atoms with Gasteiger partial charge in [0.15, 0.2) is 0 Å². The van der Waals surface area contributed by atoms with Crippen molar-refractivity contribution in [2.24, 2.45) is 0 Å². The fraction of sp³-hybridized carbons (Fsp3) is 0.105. The summed E-state index contributed by atoms with van der Waals surface area (Å²) in [6.45, 7) is 3.86. The molecule has 26 heavy (non-hydrogen) atoms. The van der Waals surface area contributed by atoms with E-state index in [9.17, 15) is 13.6 Å². The topological polar surface area (TPSA) is 66.9 Å². The Morgan fingerprint density at radius 2 is 1.73 bits per heavy atom. The molecule has 2 N–H and O–H groups in total. The highest BCUT2D eigenvalue weighted by atomic mass is 19.1. The third-order valence-electron chi connectivity index (χ3n) is 3.73. The molecule has 0 saturated heterocycles. The number of aromatic nitrogens is 2. The quantitative estimate of drug-likeness (QED) is 0.730. The summed E-state index contributed by atoms with van der Waals surface area (Å²) >= 11 is 0. The van der Waals surface area contributed by atoms with Crippen molar-refractivity contribution in [1.29, 1.82) is 0 Å². The Labute approximate surface area is 149 Å². The number of anilines is 3. The first kappa shape index (κ1) is 17.5. The highest BCUT2D eigenvalue weighted by Gasteiger charge is 2.12. The van der Waals surface area contributed by atoms with Crippen molar-refractivity contribution in [3.8, 4) is 0 Å². The Bertz CT molecular complexity index is 938. The van der Waals surface area contributed by atoms with Crippen molar-refractivity contribution in [3.63, 3.8) is 0 Å². The number of para-hydroxylation sites is 1. The van der Waals surface area contributed by atoms with Crippen molar-refractivity contribution in [2.45, 2.75) is 13.8 Å². The van der Waals surface area contributed by atoms with Gasteiger partial charge in [-0.25, -0.2) is 18.7 Å². The fourth-order valence-electron chi connectivity index (χ4n) is 2.40. The average molecular weight is 354 g/mol. The standard InChI is InChI=1S/C19H16F2N4O/c1-11-6-7-15(12(2)8-11)24-19(26)16-9-23-17(10-22-16)25-18-13(20)4-3-5-14(18)21/h3-10H,1-2H3,(H,23,25)(H,24,26). The molecule has 0 aliphatic heterocycles. The Kier molecular flexibility index (Phi) is 4.88. The maximum absolute atomic E-state index is 13.6. The zero-order valence-corrected chi connectivity index (χ0v) is 14.2. The molecule has 0 saturated carbocycles. The summed E-state index contributed by atoms with van der Waals surface area (Å²) < 4.78 is 27.3. The van der Waals surface area contributed by atoms with Crippen molar-refractivity contribution < 1.29 is 13.6 Å². The molecule has 132 valence electrons. The molecule has 3 aromatic rings. The maximum Gasteiger partial charge on any atom is 0.275 e. The Morgan fingerprint density at radius 1 is 1.00 bits per heavy atom. The van der Waals surface area contributed by atoms with Crippen LogP contribution in [0.15, 0.2) is 48.8 Å². The largest absolute Gasteiger partial charge is 0.334 e. The lowest BCUT2D eigenvalue weighted by atomic mass is 10.1. The number of rotatable bonds is 4. The number of halogens is 2. The number of carbonyl (C=O) groups excluding carboxylic acids is 1. The second-order valence-electron chi connectivity index (χ2n) is 5.78. The van der Waals surface area contributed by atoms with Crippen LogP contribution in [0.25, 0.3) is 0 Å². The Hall–Kier alpha value is -3.35. The van der Waals surface area contributed by atoms with E-state index < -0.39 is 17.5 Å². The third-order valence-corrected chi connectivity index (χ3v) is 3.73. The number of amides is 1. The molecular weight excluding hydrogens is 338 g/mol. The van der Waals surface area contributed by atoms with Crippen LogP contribution in [-0.2, 0) is 0 Å². The fourth-order valence-corrected chi connectivity index (χ4v) is 2.40. The molecule has 3 rings (SSSR count). The molecule has 1 amide bonds. The predicted molar refractivity (Wildman–Crippen MR) is 95.5 cm³/mol. The minimum Gasteiger partial charge on any atom is -0.334 e. The first-order valence-corrected chi connectivity index (χ1v) is 7.86. The molecule has 0 atom stereocenters. The van der Waals surface area contributed by atoms with Gasteiger partial charge in [-0.15, -0.1) is 0 Å². The monoisotopic (exact) mass is 354 g/mol. The highest BCUT2D eigenvalue weighted by molar-refractivity contribution is 6.03. The second kappa shape index (κ2) is 7.26. The van der Waals surface area contributed by atoms with Gasteiger partial charge in [-0.1, -0.05) is 23.8 Å². The number of hydrogen-bond donors (Lipinski definition) is 2. The van der Waals surface area contributed by atoms with E-state index in [-0.39, 0.29) is 17.2 Å². The summed E-state index contributed by atoms with van der Waals surface area (Å²) in [5.41, 5.74) is 2.47. The van der Waals surface area contributed by atoms with Crippen molar-refractivity contribution >= 4 is 23.1 Å². The molecule has 7 heteroatoms. The van der Waals surface area contributed by atoms with Gasteiger partial charge in [-0.2, -0.15) is 0 Å². The number of carbonyl (C=O) groups is 1. The lowest BCUT2D eigenvalue weighted by molar-refractivity contribution is 0.102. The summed E-state index contributed by atoms with van der Waals surface area (Å²) in [5, 5.41) is 5.28. The minimum atomic E-state index is -0.747. The Morgan fingerprint density at radius 3 is 2.35 bits per heavy atom. The second-order valence-corrected chi connectivity index (χ2v) is 5.78. The van der Waals surface area contributed by atoms with Crippen LogP contribution >= 0.6 is 0 Å². The van der Waals surface area contributed by atoms with Gasteiger partial charge in [0.05, 0.1) is 12.4 Å². The molecule has 1 heterocycles. The first-order chi connectivity index (χ1) is 12.4. The highest BCUT2D eigenvalue weighted by Crippen LogP contribution is 2.22. The van der Waals surface area contributed by atoms with E-state index in [1.54, 1.807) is 0 Å². The van der Waals surface area contributed by atoms with Crippen LogP contribution in [0.3, 0.4) is 0 Å². The molecule has 5 nitrogen and oxygen atoms in total. The third kappa shape index (κ3) is 3.83. The molecule has 0 bridgehead atoms. The smallest absolute Gasteiger partial charge is 0.275 e. The Balaban J connectivity index is 1.74. The number of nitrogens with zero attached hydrogens (tertiary/aromatic N) is 2. The SMILES string of the molecule is Cc1ccc(NC(=O)c2cnc(Nc3c(F)cccc3F)cn2)c(C)c1. The minimum absolute atomic E-state index is 0.0875. The zero-order chi connectivity index (χ0) is 18.7. The molecular formula is C19H16F2N4O. The van der Waals surface area contributed by atoms with Crippen molar-refractivity contribution in [1.82, 2.24) is 9.97 Å². The van der Waals surface area contributed by atoms with E-state index in [2.05, 4.69) is 20.6 Å². The summed E-state index contributed by atoms with van der Waals surface area (Å²) in [5.74, 6) is -1.79. The number of hydrogen-bond acceptors (Lipinski definition) is 4. The van der Waals surface area contributed by atoms with Crippen LogP contribution in [0.1, 0.15) is 21.6 Å². The van der Waals surface area contributed by atoms with Crippen LogP contribution in [-0.4, -0.2) is 15.9 Å². The van der Waals surface area contributed by atoms with E-state index in [1.807, 2.05) is 32.0 Å². The van der Waals surface area contributed by atoms with Crippen LogP contribution in [0.2, 0.25) is 0 Å². The van der Waals surface area contributed by atoms with Gasteiger partial charge in [-0.3, -0.25) is 4.79 Å². The molecule has 2 aromatic carbocycles. The number of aryl methyl sites for hydroxylation is 2. The van der Waals surface area contributed by atoms with Gasteiger partial charge in [0, 0.05) is 5.69 Å². The van der Waals surface area contributed by atoms with Gasteiger partial charge >= 0.3 is 0 Å². The number of benzene rings is 2. The van der Waals surface area contributed by atoms with Crippen molar-refractivity contribution in [3.05, 3.63) is 77.2 Å². The molecule has 0 aliphatic carbocycles. The van der Waals surface area contributed by atoms with Crippen LogP contribution < -0.4 is 10.6 Å². The molecule has 0 radical (unpaired) electrons. The number of nitrogens with one attached hydrogen (secondary N) is 2. The van der Waals surface area contributed by atoms with E-state index in [0.717, 1.165) is 23.3 Å². The van der Waals surface area contributed by atoms with Crippen LogP contribution in [0.5, 0.6) is 0 Å². The van der Waals surface area contributed by atoms with Crippen molar-refractivity contribution in [2.75, 3.05) is 10.6 Å². The van der Waals surface area contributed by atoms with Gasteiger partial charge < -0.3 is 10.6 Å². The summed E-state index contributed by atoms with van der Waals surface area (Å²) in [6.07, 6.45) is 2.47. The van der Waals surface area contributed by atoms with Gasteiger partial charge in [0.2, 0.25) is 0 Å². The first-order valence-electron chi connectivity index (χ1n) is 7.86. The molecule has 0 aliphatic rings. The van der Waals surface area contributed by atoms with E-state index in [4.69, 9.17) is 0 Å². The molecule has 0 unspecified atom stereocenters. The van der Waals surface area contributed by atoms with Crippen LogP contribution in [0.4, 0.5) is 26.0 Å². The van der Waals surface area contributed by atoms with E-state index in [0.29, 0.717) is 5.69 Å².